The van der Waals surface area contributed by atoms with Crippen LogP contribution in [0.1, 0.15) is 6.42 Å². The Labute approximate surface area is 98.0 Å². The molecule has 0 radical (unpaired) electrons. The Balaban J connectivity index is 2.32. The summed E-state index contributed by atoms with van der Waals surface area (Å²) < 4.78 is 13.6. The molecule has 0 aromatic heterocycles. The van der Waals surface area contributed by atoms with Crippen molar-refractivity contribution in [2.75, 3.05) is 11.4 Å². The van der Waals surface area contributed by atoms with Crippen LogP contribution in [0.2, 0.25) is 5.02 Å². The molecule has 82 valence electrons. The quantitative estimate of drug-likeness (QED) is 0.687. The van der Waals surface area contributed by atoms with Crippen LogP contribution in [0, 0.1) is 24.1 Å². The largest absolute Gasteiger partial charge is 0.308 e. The van der Waals surface area contributed by atoms with E-state index in [2.05, 4.69) is 5.92 Å². The number of carbonyl (C=O) groups is 1. The average molecular weight is 238 g/mol. The Morgan fingerprint density at radius 3 is 2.88 bits per heavy atom. The van der Waals surface area contributed by atoms with Gasteiger partial charge in [-0.15, -0.1) is 12.3 Å². The third-order valence-electron chi connectivity index (χ3n) is 2.56. The minimum absolute atomic E-state index is 0.137. The minimum Gasteiger partial charge on any atom is -0.308 e. The van der Waals surface area contributed by atoms with E-state index in [0.717, 1.165) is 0 Å². The van der Waals surface area contributed by atoms with Gasteiger partial charge in [-0.25, -0.2) is 4.39 Å². The Bertz CT molecular complexity index is 480. The molecule has 1 aliphatic rings. The summed E-state index contributed by atoms with van der Waals surface area (Å²) in [6.45, 7) is 0.369. The minimum atomic E-state index is -0.501. The first-order valence-electron chi connectivity index (χ1n) is 4.83. The van der Waals surface area contributed by atoms with E-state index in [0.29, 0.717) is 11.6 Å². The third kappa shape index (κ3) is 1.89. The fourth-order valence-electron chi connectivity index (χ4n) is 1.75. The molecule has 0 saturated carbocycles. The molecule has 2 nitrogen and oxygen atoms in total. The molecule has 1 atom stereocenters. The summed E-state index contributed by atoms with van der Waals surface area (Å²) in [4.78, 5) is 13.0. The maximum Gasteiger partial charge on any atom is 0.228 e. The number of amides is 1. The molecule has 1 amide bonds. The van der Waals surface area contributed by atoms with Crippen LogP contribution in [0.5, 0.6) is 0 Å². The summed E-state index contributed by atoms with van der Waals surface area (Å²) in [5.74, 6) is 1.73. The fraction of sp³-hybridized carbons (Fsp3) is 0.250. The Morgan fingerprint density at radius 1 is 1.56 bits per heavy atom. The molecule has 16 heavy (non-hydrogen) atoms. The van der Waals surface area contributed by atoms with Crippen LogP contribution in [0.4, 0.5) is 10.1 Å². The van der Waals surface area contributed by atoms with E-state index < -0.39 is 5.82 Å². The molecule has 1 unspecified atom stereocenters. The van der Waals surface area contributed by atoms with Crippen LogP contribution in [0.25, 0.3) is 0 Å². The van der Waals surface area contributed by atoms with Crippen molar-refractivity contribution in [3.8, 4) is 12.3 Å². The molecular formula is C12H9ClFNO. The van der Waals surface area contributed by atoms with Gasteiger partial charge in [0.15, 0.2) is 0 Å². The maximum absolute atomic E-state index is 13.6. The topological polar surface area (TPSA) is 20.3 Å². The lowest BCUT2D eigenvalue weighted by molar-refractivity contribution is -0.117. The van der Waals surface area contributed by atoms with E-state index in [1.165, 1.54) is 17.0 Å². The van der Waals surface area contributed by atoms with Crippen molar-refractivity contribution in [1.82, 2.24) is 0 Å². The number of benzene rings is 1. The van der Waals surface area contributed by atoms with Gasteiger partial charge in [0, 0.05) is 23.9 Å². The predicted molar refractivity (Wildman–Crippen MR) is 60.7 cm³/mol. The number of nitrogens with zero attached hydrogens (tertiary/aromatic N) is 1. The Kier molecular flexibility index (Phi) is 2.84. The number of rotatable bonds is 1. The predicted octanol–water partition coefficient (Wildman–Crippen LogP) is 2.47. The molecule has 0 N–H and O–H groups in total. The van der Waals surface area contributed by atoms with Crippen LogP contribution in [0.3, 0.4) is 0 Å². The SMILES string of the molecule is C#CC1CC(=O)N(c2ccc(Cl)cc2F)C1. The van der Waals surface area contributed by atoms with Crippen molar-refractivity contribution in [3.05, 3.63) is 29.0 Å². The Morgan fingerprint density at radius 2 is 2.31 bits per heavy atom. The van der Waals surface area contributed by atoms with Gasteiger partial charge in [0.25, 0.3) is 0 Å². The first-order chi connectivity index (χ1) is 7.61. The van der Waals surface area contributed by atoms with E-state index >= 15 is 0 Å². The van der Waals surface area contributed by atoms with Crippen molar-refractivity contribution in [2.24, 2.45) is 5.92 Å². The molecule has 1 aromatic rings. The van der Waals surface area contributed by atoms with Gasteiger partial charge < -0.3 is 4.90 Å². The number of terminal acetylenes is 1. The second-order valence-corrected chi connectivity index (χ2v) is 4.10. The third-order valence-corrected chi connectivity index (χ3v) is 2.80. The molecule has 1 aliphatic heterocycles. The van der Waals surface area contributed by atoms with Crippen molar-refractivity contribution in [1.29, 1.82) is 0 Å². The summed E-state index contributed by atoms with van der Waals surface area (Å²) in [6, 6.07) is 4.23. The molecule has 0 spiro atoms. The number of halogens is 2. The van der Waals surface area contributed by atoms with Crippen molar-refractivity contribution >= 4 is 23.2 Å². The highest BCUT2D eigenvalue weighted by molar-refractivity contribution is 6.30. The number of anilines is 1. The monoisotopic (exact) mass is 237 g/mol. The van der Waals surface area contributed by atoms with Crippen molar-refractivity contribution in [3.63, 3.8) is 0 Å². The normalized spacial score (nSPS) is 19.9. The summed E-state index contributed by atoms with van der Waals surface area (Å²) in [7, 11) is 0. The van der Waals surface area contributed by atoms with Gasteiger partial charge in [0.2, 0.25) is 5.91 Å². The first kappa shape index (κ1) is 11.0. The second-order valence-electron chi connectivity index (χ2n) is 3.67. The van der Waals surface area contributed by atoms with Crippen molar-refractivity contribution in [2.45, 2.75) is 6.42 Å². The molecule has 0 bridgehead atoms. The Hall–Kier alpha value is -1.53. The fourth-order valence-corrected chi connectivity index (χ4v) is 1.91. The highest BCUT2D eigenvalue weighted by Gasteiger charge is 2.30. The lowest BCUT2D eigenvalue weighted by Gasteiger charge is -2.16. The molecular weight excluding hydrogens is 229 g/mol. The summed E-state index contributed by atoms with van der Waals surface area (Å²) in [6.07, 6.45) is 5.53. The zero-order chi connectivity index (χ0) is 11.7. The van der Waals surface area contributed by atoms with Crippen LogP contribution in [-0.2, 0) is 4.79 Å². The highest BCUT2D eigenvalue weighted by atomic mass is 35.5. The summed E-state index contributed by atoms with van der Waals surface area (Å²) >= 11 is 5.64. The van der Waals surface area contributed by atoms with Gasteiger partial charge in [-0.2, -0.15) is 0 Å². The van der Waals surface area contributed by atoms with Crippen LogP contribution in [-0.4, -0.2) is 12.5 Å². The molecule has 1 saturated heterocycles. The molecule has 0 aliphatic carbocycles. The number of hydrogen-bond donors (Lipinski definition) is 0. The highest BCUT2D eigenvalue weighted by Crippen LogP contribution is 2.28. The molecule has 4 heteroatoms. The standard InChI is InChI=1S/C12H9ClFNO/c1-2-8-5-12(16)15(7-8)11-4-3-9(13)6-10(11)14/h1,3-4,6,8H,5,7H2. The van der Waals surface area contributed by atoms with Gasteiger partial charge in [0.1, 0.15) is 5.82 Å². The van der Waals surface area contributed by atoms with E-state index in [4.69, 9.17) is 18.0 Å². The van der Waals surface area contributed by atoms with Crippen molar-refractivity contribution < 1.29 is 9.18 Å². The van der Waals surface area contributed by atoms with Gasteiger partial charge in [-0.1, -0.05) is 11.6 Å². The molecule has 2 rings (SSSR count). The van der Waals surface area contributed by atoms with Crippen LogP contribution >= 0.6 is 11.6 Å². The summed E-state index contributed by atoms with van der Waals surface area (Å²) in [5.41, 5.74) is 0.243. The van der Waals surface area contributed by atoms with Gasteiger partial charge in [-0.05, 0) is 18.2 Å². The number of hydrogen-bond acceptors (Lipinski definition) is 1. The van der Waals surface area contributed by atoms with Gasteiger partial charge >= 0.3 is 0 Å². The van der Waals surface area contributed by atoms with E-state index in [-0.39, 0.29) is 23.9 Å². The van der Waals surface area contributed by atoms with Crippen LogP contribution < -0.4 is 4.90 Å². The van der Waals surface area contributed by atoms with E-state index in [1.54, 1.807) is 6.07 Å². The number of carbonyl (C=O) groups excluding carboxylic acids is 1. The van der Waals surface area contributed by atoms with E-state index in [1.807, 2.05) is 0 Å². The first-order valence-corrected chi connectivity index (χ1v) is 5.21. The lowest BCUT2D eigenvalue weighted by atomic mass is 10.1. The maximum atomic E-state index is 13.6. The zero-order valence-corrected chi connectivity index (χ0v) is 9.17. The molecule has 1 fully saturated rings. The molecule has 1 aromatic carbocycles. The second kappa shape index (κ2) is 4.15. The zero-order valence-electron chi connectivity index (χ0n) is 8.41. The molecule has 1 heterocycles. The average Bonchev–Trinajstić information content (AvgIpc) is 2.60. The lowest BCUT2D eigenvalue weighted by Crippen LogP contribution is -2.25. The van der Waals surface area contributed by atoms with Gasteiger partial charge in [0.05, 0.1) is 5.69 Å². The van der Waals surface area contributed by atoms with Gasteiger partial charge in [-0.3, -0.25) is 4.79 Å². The summed E-state index contributed by atoms with van der Waals surface area (Å²) in [5, 5.41) is 0.307. The van der Waals surface area contributed by atoms with E-state index in [9.17, 15) is 9.18 Å². The smallest absolute Gasteiger partial charge is 0.228 e. The van der Waals surface area contributed by atoms with Crippen LogP contribution in [0.15, 0.2) is 18.2 Å².